The zero-order chi connectivity index (χ0) is 32.8. The van der Waals surface area contributed by atoms with E-state index in [9.17, 15) is 13.2 Å². The summed E-state index contributed by atoms with van der Waals surface area (Å²) in [7, 11) is -1.95. The third kappa shape index (κ3) is 8.38. The van der Waals surface area contributed by atoms with E-state index in [4.69, 9.17) is 18.9 Å². The van der Waals surface area contributed by atoms with Gasteiger partial charge < -0.3 is 23.8 Å². The predicted octanol–water partition coefficient (Wildman–Crippen LogP) is 6.33. The molecule has 1 amide bonds. The van der Waals surface area contributed by atoms with Gasteiger partial charge in [-0.1, -0.05) is 12.2 Å². The Morgan fingerprint density at radius 1 is 1.11 bits per heavy atom. The number of carbonyl (C=O) groups is 1. The molecule has 0 unspecified atom stereocenters. The first-order valence-electron chi connectivity index (χ1n) is 13.5. The maximum absolute atomic E-state index is 15.8. The fourth-order valence-corrected chi connectivity index (χ4v) is 6.49. The second-order valence-electron chi connectivity index (χ2n) is 10.8. The number of hydrogen-bond acceptors (Lipinski definition) is 9. The van der Waals surface area contributed by atoms with Gasteiger partial charge in [0.2, 0.25) is 0 Å². The van der Waals surface area contributed by atoms with Gasteiger partial charge >= 0.3 is 6.09 Å². The minimum atomic E-state index is -4.83. The van der Waals surface area contributed by atoms with E-state index in [-0.39, 0.29) is 42.7 Å². The Morgan fingerprint density at radius 2 is 1.82 bits per heavy atom. The van der Waals surface area contributed by atoms with E-state index in [0.29, 0.717) is 22.6 Å². The van der Waals surface area contributed by atoms with Crippen molar-refractivity contribution in [1.82, 2.24) is 9.88 Å². The molecule has 14 heteroatoms. The summed E-state index contributed by atoms with van der Waals surface area (Å²) in [6.45, 7) is 11.8. The highest BCUT2D eigenvalue weighted by Gasteiger charge is 2.35. The van der Waals surface area contributed by atoms with Crippen LogP contribution in [0, 0.1) is 18.6 Å². The van der Waals surface area contributed by atoms with Crippen LogP contribution in [0.15, 0.2) is 52.9 Å². The van der Waals surface area contributed by atoms with E-state index in [2.05, 4.69) is 11.6 Å². The van der Waals surface area contributed by atoms with Gasteiger partial charge in [-0.2, -0.15) is 0 Å². The summed E-state index contributed by atoms with van der Waals surface area (Å²) in [5.74, 6) is -2.08. The third-order valence-electron chi connectivity index (χ3n) is 6.09. The first-order valence-corrected chi connectivity index (χ1v) is 15.8. The number of carbonyl (C=O) groups excluding carboxylic acids is 1. The molecule has 44 heavy (non-hydrogen) atoms. The van der Waals surface area contributed by atoms with Crippen molar-refractivity contribution in [2.24, 2.45) is 0 Å². The summed E-state index contributed by atoms with van der Waals surface area (Å²) < 4.78 is 81.6. The van der Waals surface area contributed by atoms with Gasteiger partial charge in [-0.3, -0.25) is 0 Å². The highest BCUT2D eigenvalue weighted by Crippen LogP contribution is 2.36. The lowest BCUT2D eigenvalue weighted by molar-refractivity contribution is 0.0244. The number of thiazole rings is 1. The van der Waals surface area contributed by atoms with Crippen LogP contribution in [0.4, 0.5) is 18.7 Å². The highest BCUT2D eigenvalue weighted by atomic mass is 32.2. The molecule has 0 bridgehead atoms. The van der Waals surface area contributed by atoms with Crippen molar-refractivity contribution >= 4 is 32.6 Å². The number of anilines is 1. The summed E-state index contributed by atoms with van der Waals surface area (Å²) in [4.78, 5) is 16.9. The van der Waals surface area contributed by atoms with Crippen molar-refractivity contribution in [2.45, 2.75) is 51.7 Å². The molecule has 2 aromatic carbocycles. The van der Waals surface area contributed by atoms with Crippen LogP contribution in [0.5, 0.6) is 17.2 Å². The molecule has 0 saturated carbocycles. The van der Waals surface area contributed by atoms with Gasteiger partial charge in [0.15, 0.2) is 15.8 Å². The summed E-state index contributed by atoms with van der Waals surface area (Å²) in [6, 6.07) is 5.59. The van der Waals surface area contributed by atoms with Crippen LogP contribution in [0.25, 0.3) is 0 Å². The molecule has 0 saturated heterocycles. The molecule has 0 aliphatic rings. The molecule has 10 nitrogen and oxygen atoms in total. The smallest absolute Gasteiger partial charge is 0.410 e. The van der Waals surface area contributed by atoms with Gasteiger partial charge in [0, 0.05) is 41.4 Å². The molecule has 0 aliphatic carbocycles. The van der Waals surface area contributed by atoms with E-state index in [1.165, 1.54) is 32.2 Å². The van der Waals surface area contributed by atoms with Crippen LogP contribution in [-0.4, -0.2) is 63.9 Å². The first kappa shape index (κ1) is 34.6. The normalized spacial score (nSPS) is 11.6. The summed E-state index contributed by atoms with van der Waals surface area (Å²) >= 11 is 0.987. The molecule has 1 aromatic heterocycles. The number of halogens is 2. The average molecular weight is 654 g/mol. The molecule has 3 rings (SSSR count). The van der Waals surface area contributed by atoms with Crippen molar-refractivity contribution in [1.29, 1.82) is 0 Å². The van der Waals surface area contributed by atoms with E-state index in [1.54, 1.807) is 51.3 Å². The van der Waals surface area contributed by atoms with E-state index in [1.807, 2.05) is 0 Å². The van der Waals surface area contributed by atoms with Crippen LogP contribution in [-0.2, 0) is 21.3 Å². The molecule has 0 atom stereocenters. The average Bonchev–Trinajstić information content (AvgIpc) is 3.46. The topological polar surface area (TPSA) is 108 Å². The van der Waals surface area contributed by atoms with Crippen LogP contribution < -0.4 is 18.5 Å². The summed E-state index contributed by atoms with van der Waals surface area (Å²) in [6.07, 6.45) is 0.785. The van der Waals surface area contributed by atoms with E-state index < -0.39 is 38.2 Å². The lowest BCUT2D eigenvalue weighted by Gasteiger charge is -2.27. The van der Waals surface area contributed by atoms with Crippen LogP contribution >= 0.6 is 11.3 Å². The van der Waals surface area contributed by atoms with Gasteiger partial charge in [-0.25, -0.2) is 31.3 Å². The monoisotopic (exact) mass is 653 g/mol. The van der Waals surface area contributed by atoms with Gasteiger partial charge in [0.05, 0.1) is 27.3 Å². The minimum Gasteiger partial charge on any atom is -0.497 e. The maximum atomic E-state index is 15.8. The number of methoxy groups -OCH3 is 2. The van der Waals surface area contributed by atoms with Gasteiger partial charge in [0.1, 0.15) is 35.3 Å². The Bertz CT molecular complexity index is 1590. The molecule has 240 valence electrons. The van der Waals surface area contributed by atoms with Gasteiger partial charge in [0.25, 0.3) is 10.0 Å². The summed E-state index contributed by atoms with van der Waals surface area (Å²) in [5.41, 5.74) is 0.139. The second kappa shape index (κ2) is 14.2. The highest BCUT2D eigenvalue weighted by molar-refractivity contribution is 7.93. The molecule has 0 fully saturated rings. The van der Waals surface area contributed by atoms with Gasteiger partial charge in [-0.15, -0.1) is 11.3 Å². The Balaban J connectivity index is 1.92. The molecule has 3 aromatic rings. The minimum absolute atomic E-state index is 0.000558. The predicted molar refractivity (Wildman–Crippen MR) is 164 cm³/mol. The number of aromatic nitrogens is 1. The van der Waals surface area contributed by atoms with E-state index >= 15 is 8.78 Å². The molecular weight excluding hydrogens is 616 g/mol. The fraction of sp³-hybridized carbons (Fsp3) is 0.400. The van der Waals surface area contributed by atoms with Crippen LogP contribution in [0.3, 0.4) is 0 Å². The molecule has 0 aliphatic heterocycles. The van der Waals surface area contributed by atoms with Crippen molar-refractivity contribution in [3.05, 3.63) is 70.8 Å². The number of hydrogen-bond donors (Lipinski definition) is 0. The lowest BCUT2D eigenvalue weighted by Crippen LogP contribution is -2.40. The number of nitrogens with zero attached hydrogens (tertiary/aromatic N) is 3. The largest absolute Gasteiger partial charge is 0.497 e. The van der Waals surface area contributed by atoms with Crippen molar-refractivity contribution < 1.29 is 40.9 Å². The van der Waals surface area contributed by atoms with Gasteiger partial charge in [-0.05, 0) is 46.8 Å². The number of ether oxygens (including phenoxy) is 4. The van der Waals surface area contributed by atoms with Crippen molar-refractivity contribution in [3.8, 4) is 17.2 Å². The Kier molecular flexibility index (Phi) is 11.2. The molecule has 0 radical (unpaired) electrons. The Hall–Kier alpha value is -3.91. The fourth-order valence-electron chi connectivity index (χ4n) is 4.05. The first-order chi connectivity index (χ1) is 20.6. The molecule has 0 spiro atoms. The summed E-state index contributed by atoms with van der Waals surface area (Å²) in [5, 5.41) is 1.55. The number of rotatable bonds is 13. The Morgan fingerprint density at radius 3 is 2.39 bits per heavy atom. The number of sulfonamides is 1. The SMILES string of the molecule is C=C(C)CN(CCOc1cc(F)c(S(=O)(=O)N(Cc2ccc(OC)cc2OC)c2nccs2)c(F)c1C)C(=O)OC(C)(C)C. The van der Waals surface area contributed by atoms with Crippen molar-refractivity contribution in [2.75, 3.05) is 38.2 Å². The zero-order valence-corrected chi connectivity index (χ0v) is 27.4. The number of benzene rings is 2. The second-order valence-corrected chi connectivity index (χ2v) is 13.5. The quantitative estimate of drug-likeness (QED) is 0.197. The Labute approximate surface area is 260 Å². The molecule has 1 heterocycles. The van der Waals surface area contributed by atoms with E-state index in [0.717, 1.165) is 21.7 Å². The third-order valence-corrected chi connectivity index (χ3v) is 8.78. The molecule has 0 N–H and O–H groups in total. The number of amides is 1. The lowest BCUT2D eigenvalue weighted by atomic mass is 10.2. The molecular formula is C30H37F2N3O7S2. The zero-order valence-electron chi connectivity index (χ0n) is 25.8. The van der Waals surface area contributed by atoms with Crippen LogP contribution in [0.2, 0.25) is 0 Å². The standard InChI is InChI=1S/C30H37F2N3O7S2/c1-19(2)17-34(29(36)42-30(4,5)6)12-13-41-24-16-23(31)27(26(32)20(24)3)44(37,38)35(28-33-11-14-43-28)18-21-9-10-22(39-7)15-25(21)40-8/h9-11,14-16H,1,12-13,17-18H2,2-8H3. The van der Waals surface area contributed by atoms with Crippen LogP contribution in [0.1, 0.15) is 38.8 Å². The maximum Gasteiger partial charge on any atom is 0.410 e. The van der Waals surface area contributed by atoms with Crippen molar-refractivity contribution in [3.63, 3.8) is 0 Å².